The van der Waals surface area contributed by atoms with Crippen molar-refractivity contribution in [3.8, 4) is 0 Å². The van der Waals surface area contributed by atoms with E-state index in [1.165, 1.54) is 22.9 Å². The number of anilines is 2. The Kier molecular flexibility index (Phi) is 4.60. The smallest absolute Gasteiger partial charge is 0.244 e. The van der Waals surface area contributed by atoms with Crippen LogP contribution in [0.25, 0.3) is 11.0 Å². The van der Waals surface area contributed by atoms with E-state index in [1.807, 2.05) is 72.5 Å². The lowest BCUT2D eigenvalue weighted by Crippen LogP contribution is -2.33. The number of carbonyl (C=O) groups is 1. The SMILES string of the molecule is CC(Sc1nc2ccccc2[nH]1)C(=O)N1c2ccccc2CCc2ccccc21. The summed E-state index contributed by atoms with van der Waals surface area (Å²) in [6.45, 7) is 1.95. The number of hydrogen-bond donors (Lipinski definition) is 1. The van der Waals surface area contributed by atoms with Crippen molar-refractivity contribution < 1.29 is 4.79 Å². The molecule has 0 saturated heterocycles. The topological polar surface area (TPSA) is 49.0 Å². The summed E-state index contributed by atoms with van der Waals surface area (Å²) in [5.41, 5.74) is 6.29. The summed E-state index contributed by atoms with van der Waals surface area (Å²) >= 11 is 1.47. The van der Waals surface area contributed by atoms with Crippen molar-refractivity contribution in [3.63, 3.8) is 0 Å². The monoisotopic (exact) mass is 399 g/mol. The molecule has 1 atom stereocenters. The van der Waals surface area contributed by atoms with Crippen molar-refractivity contribution in [3.05, 3.63) is 83.9 Å². The number of aromatic amines is 1. The Labute approximate surface area is 174 Å². The third kappa shape index (κ3) is 3.32. The molecule has 4 aromatic rings. The molecule has 0 saturated carbocycles. The molecule has 1 amide bonds. The molecule has 0 fully saturated rings. The molecule has 1 aliphatic rings. The molecule has 144 valence electrons. The first-order valence-corrected chi connectivity index (χ1v) is 10.7. The third-order valence-corrected chi connectivity index (χ3v) is 6.32. The number of rotatable bonds is 3. The zero-order valence-electron chi connectivity index (χ0n) is 16.1. The van der Waals surface area contributed by atoms with Gasteiger partial charge in [-0.05, 0) is 55.2 Å². The van der Waals surface area contributed by atoms with Crippen molar-refractivity contribution in [2.24, 2.45) is 0 Å². The Morgan fingerprint density at radius 3 is 2.17 bits per heavy atom. The summed E-state index contributed by atoms with van der Waals surface area (Å²) in [6, 6.07) is 24.4. The number of amides is 1. The fourth-order valence-corrected chi connectivity index (χ4v) is 4.76. The fourth-order valence-electron chi connectivity index (χ4n) is 3.90. The van der Waals surface area contributed by atoms with Crippen molar-refractivity contribution in [1.29, 1.82) is 0 Å². The van der Waals surface area contributed by atoms with Gasteiger partial charge in [0.2, 0.25) is 5.91 Å². The number of thioether (sulfide) groups is 1. The van der Waals surface area contributed by atoms with E-state index < -0.39 is 0 Å². The van der Waals surface area contributed by atoms with Gasteiger partial charge in [0.05, 0.1) is 27.7 Å². The lowest BCUT2D eigenvalue weighted by atomic mass is 10.0. The molecule has 1 unspecified atom stereocenters. The van der Waals surface area contributed by atoms with E-state index in [0.717, 1.165) is 40.4 Å². The number of imidazole rings is 1. The highest BCUT2D eigenvalue weighted by atomic mass is 32.2. The van der Waals surface area contributed by atoms with Gasteiger partial charge in [-0.15, -0.1) is 0 Å². The van der Waals surface area contributed by atoms with Gasteiger partial charge in [0.25, 0.3) is 0 Å². The van der Waals surface area contributed by atoms with Crippen LogP contribution in [0.15, 0.2) is 78.0 Å². The van der Waals surface area contributed by atoms with Crippen LogP contribution in [0.2, 0.25) is 0 Å². The first kappa shape index (κ1) is 18.0. The van der Waals surface area contributed by atoms with Crippen LogP contribution in [0.3, 0.4) is 0 Å². The molecule has 5 heteroatoms. The molecule has 1 aromatic heterocycles. The van der Waals surface area contributed by atoms with Crippen molar-refractivity contribution >= 4 is 40.1 Å². The Morgan fingerprint density at radius 2 is 1.52 bits per heavy atom. The Hall–Kier alpha value is -3.05. The highest BCUT2D eigenvalue weighted by molar-refractivity contribution is 8.00. The maximum Gasteiger partial charge on any atom is 0.244 e. The van der Waals surface area contributed by atoms with Gasteiger partial charge < -0.3 is 4.98 Å². The summed E-state index contributed by atoms with van der Waals surface area (Å²) in [5, 5.41) is 0.484. The number of nitrogens with one attached hydrogen (secondary N) is 1. The molecular formula is C24H21N3OS. The Bertz CT molecular complexity index is 1120. The number of aromatic nitrogens is 2. The third-order valence-electron chi connectivity index (χ3n) is 5.35. The minimum absolute atomic E-state index is 0.0669. The van der Waals surface area contributed by atoms with Gasteiger partial charge in [0, 0.05) is 0 Å². The van der Waals surface area contributed by atoms with Crippen LogP contribution in [0.5, 0.6) is 0 Å². The summed E-state index contributed by atoms with van der Waals surface area (Å²) in [7, 11) is 0. The Morgan fingerprint density at radius 1 is 0.931 bits per heavy atom. The summed E-state index contributed by atoms with van der Waals surface area (Å²) in [6.07, 6.45) is 1.87. The summed E-state index contributed by atoms with van der Waals surface area (Å²) < 4.78 is 0. The average molecular weight is 400 g/mol. The molecule has 2 heterocycles. The second-order valence-electron chi connectivity index (χ2n) is 7.25. The van der Waals surface area contributed by atoms with Crippen LogP contribution in [0.4, 0.5) is 11.4 Å². The van der Waals surface area contributed by atoms with Crippen LogP contribution >= 0.6 is 11.8 Å². The highest BCUT2D eigenvalue weighted by Gasteiger charge is 2.29. The standard InChI is InChI=1S/C24H21N3OS/c1-16(29-24-25-19-10-4-5-11-20(19)26-24)23(28)27-21-12-6-2-8-17(21)14-15-18-9-3-7-13-22(18)27/h2-13,16H,14-15H2,1H3,(H,25,26). The second-order valence-corrected chi connectivity index (χ2v) is 8.58. The van der Waals surface area contributed by atoms with Crippen molar-refractivity contribution in [2.45, 2.75) is 30.2 Å². The predicted octanol–water partition coefficient (Wildman–Crippen LogP) is 5.51. The quantitative estimate of drug-likeness (QED) is 0.462. The van der Waals surface area contributed by atoms with E-state index in [4.69, 9.17) is 0 Å². The summed E-state index contributed by atoms with van der Waals surface area (Å²) in [4.78, 5) is 23.5. The first-order valence-electron chi connectivity index (χ1n) is 9.82. The number of fused-ring (bicyclic) bond motifs is 3. The van der Waals surface area contributed by atoms with E-state index in [0.29, 0.717) is 0 Å². The number of H-pyrrole nitrogens is 1. The molecule has 4 nitrogen and oxygen atoms in total. The molecule has 29 heavy (non-hydrogen) atoms. The van der Waals surface area contributed by atoms with Gasteiger partial charge in [-0.25, -0.2) is 4.98 Å². The van der Waals surface area contributed by atoms with Gasteiger partial charge in [0.15, 0.2) is 5.16 Å². The highest BCUT2D eigenvalue weighted by Crippen LogP contribution is 2.38. The maximum absolute atomic E-state index is 13.7. The molecule has 0 spiro atoms. The zero-order valence-corrected chi connectivity index (χ0v) is 16.9. The van der Waals surface area contributed by atoms with E-state index in [9.17, 15) is 4.79 Å². The molecule has 5 rings (SSSR count). The van der Waals surface area contributed by atoms with Gasteiger partial charge >= 0.3 is 0 Å². The normalized spacial score (nSPS) is 14.2. The molecule has 0 bridgehead atoms. The maximum atomic E-state index is 13.7. The first-order chi connectivity index (χ1) is 14.2. The van der Waals surface area contributed by atoms with Crippen molar-refractivity contribution in [1.82, 2.24) is 9.97 Å². The number of para-hydroxylation sites is 4. The molecule has 0 radical (unpaired) electrons. The molecule has 1 aliphatic heterocycles. The van der Waals surface area contributed by atoms with Gasteiger partial charge in [0.1, 0.15) is 0 Å². The second kappa shape index (κ2) is 7.41. The predicted molar refractivity (Wildman–Crippen MR) is 119 cm³/mol. The minimum atomic E-state index is -0.283. The molecular weight excluding hydrogens is 378 g/mol. The van der Waals surface area contributed by atoms with E-state index in [-0.39, 0.29) is 11.2 Å². The molecule has 3 aromatic carbocycles. The lowest BCUT2D eigenvalue weighted by molar-refractivity contribution is -0.117. The molecule has 0 aliphatic carbocycles. The van der Waals surface area contributed by atoms with Gasteiger partial charge in [-0.2, -0.15) is 0 Å². The lowest BCUT2D eigenvalue weighted by Gasteiger charge is -2.27. The van der Waals surface area contributed by atoms with Gasteiger partial charge in [-0.3, -0.25) is 9.69 Å². The number of hydrogen-bond acceptors (Lipinski definition) is 3. The van der Waals surface area contributed by atoms with E-state index in [1.54, 1.807) is 0 Å². The van der Waals surface area contributed by atoms with Crippen LogP contribution < -0.4 is 4.90 Å². The van der Waals surface area contributed by atoms with Gasteiger partial charge in [-0.1, -0.05) is 60.3 Å². The number of benzene rings is 3. The molecule has 1 N–H and O–H groups in total. The van der Waals surface area contributed by atoms with Crippen molar-refractivity contribution in [2.75, 3.05) is 4.90 Å². The number of aryl methyl sites for hydroxylation is 2. The largest absolute Gasteiger partial charge is 0.333 e. The summed E-state index contributed by atoms with van der Waals surface area (Å²) in [5.74, 6) is 0.0669. The van der Waals surface area contributed by atoms with E-state index in [2.05, 4.69) is 22.1 Å². The average Bonchev–Trinajstić information content (AvgIpc) is 3.08. The van der Waals surface area contributed by atoms with Crippen LogP contribution in [0, 0.1) is 0 Å². The van der Waals surface area contributed by atoms with Crippen LogP contribution in [-0.4, -0.2) is 21.1 Å². The minimum Gasteiger partial charge on any atom is -0.333 e. The number of nitrogens with zero attached hydrogens (tertiary/aromatic N) is 2. The Balaban J connectivity index is 1.51. The van der Waals surface area contributed by atoms with Crippen LogP contribution in [0.1, 0.15) is 18.1 Å². The van der Waals surface area contributed by atoms with Crippen LogP contribution in [-0.2, 0) is 17.6 Å². The number of carbonyl (C=O) groups excluding carboxylic acids is 1. The van der Waals surface area contributed by atoms with E-state index >= 15 is 0 Å². The fraction of sp³-hybridized carbons (Fsp3) is 0.167. The zero-order chi connectivity index (χ0) is 19.8.